The molecule has 1 heterocycles. The summed E-state index contributed by atoms with van der Waals surface area (Å²) in [5.74, 6) is -0.171. The third kappa shape index (κ3) is 3.84. The summed E-state index contributed by atoms with van der Waals surface area (Å²) < 4.78 is 0. The smallest absolute Gasteiger partial charge is 0.268 e. The van der Waals surface area contributed by atoms with Gasteiger partial charge < -0.3 is 0 Å². The second-order valence-electron chi connectivity index (χ2n) is 7.36. The first-order chi connectivity index (χ1) is 12.0. The van der Waals surface area contributed by atoms with Crippen molar-refractivity contribution in [1.82, 2.24) is 4.90 Å². The Bertz CT molecular complexity index is 682. The van der Waals surface area contributed by atoms with E-state index in [0.717, 1.165) is 36.8 Å². The zero-order valence-electron chi connectivity index (χ0n) is 15.4. The van der Waals surface area contributed by atoms with Crippen LogP contribution in [0.15, 0.2) is 29.2 Å². The van der Waals surface area contributed by atoms with Gasteiger partial charge in [0, 0.05) is 11.3 Å². The molecule has 0 unspecified atom stereocenters. The van der Waals surface area contributed by atoms with E-state index in [1.165, 1.54) is 24.6 Å². The van der Waals surface area contributed by atoms with Crippen LogP contribution in [0.1, 0.15) is 63.5 Å². The summed E-state index contributed by atoms with van der Waals surface area (Å²) in [4.78, 5) is 28.6. The Balaban J connectivity index is 1.98. The number of imide groups is 1. The van der Waals surface area contributed by atoms with Gasteiger partial charge in [-0.25, -0.2) is 0 Å². The van der Waals surface area contributed by atoms with Crippen molar-refractivity contribution >= 4 is 29.1 Å². The third-order valence-electron chi connectivity index (χ3n) is 4.96. The summed E-state index contributed by atoms with van der Waals surface area (Å²) in [6.07, 6.45) is 6.51. The number of hydrogen-bond donors (Lipinski definition) is 0. The minimum Gasteiger partial charge on any atom is -0.271 e. The zero-order valence-corrected chi connectivity index (χ0v) is 16.2. The minimum absolute atomic E-state index is 0.0632. The van der Waals surface area contributed by atoms with E-state index < -0.39 is 0 Å². The van der Waals surface area contributed by atoms with Crippen molar-refractivity contribution in [3.63, 3.8) is 0 Å². The van der Waals surface area contributed by atoms with Crippen LogP contribution in [0.5, 0.6) is 0 Å². The molecule has 1 aliphatic carbocycles. The highest BCUT2D eigenvalue weighted by atomic mass is 32.2. The van der Waals surface area contributed by atoms with E-state index in [-0.39, 0.29) is 23.1 Å². The molecule has 0 radical (unpaired) electrons. The maximum Gasteiger partial charge on any atom is 0.268 e. The number of rotatable bonds is 4. The first-order valence-corrected chi connectivity index (χ1v) is 10.2. The molecule has 4 heteroatoms. The number of amides is 2. The Labute approximate surface area is 154 Å². The zero-order chi connectivity index (χ0) is 18.0. The molecule has 1 fully saturated rings. The fourth-order valence-corrected chi connectivity index (χ4v) is 4.69. The fraction of sp³-hybridized carbons (Fsp3) is 0.524. The van der Waals surface area contributed by atoms with Crippen LogP contribution in [0.3, 0.4) is 0 Å². The summed E-state index contributed by atoms with van der Waals surface area (Å²) in [6.45, 7) is 6.16. The lowest BCUT2D eigenvalue weighted by Gasteiger charge is -2.25. The van der Waals surface area contributed by atoms with Gasteiger partial charge in [-0.1, -0.05) is 69.4 Å². The number of aryl methyl sites for hydroxylation is 1. The molecule has 0 aromatic heterocycles. The number of hydrogen-bond acceptors (Lipinski definition) is 3. The average molecular weight is 358 g/mol. The first kappa shape index (κ1) is 18.2. The van der Waals surface area contributed by atoms with Gasteiger partial charge in [-0.3, -0.25) is 14.5 Å². The van der Waals surface area contributed by atoms with E-state index in [4.69, 9.17) is 0 Å². The minimum atomic E-state index is -0.0936. The van der Waals surface area contributed by atoms with Gasteiger partial charge in [0.25, 0.3) is 11.8 Å². The summed E-state index contributed by atoms with van der Waals surface area (Å²) in [7, 11) is 0. The predicted molar refractivity (Wildman–Crippen MR) is 104 cm³/mol. The quantitative estimate of drug-likeness (QED) is 0.566. The molecule has 3 rings (SSSR count). The van der Waals surface area contributed by atoms with Crippen LogP contribution in [-0.4, -0.2) is 28.0 Å². The van der Waals surface area contributed by atoms with Crippen molar-refractivity contribution in [1.29, 1.82) is 0 Å². The van der Waals surface area contributed by atoms with Crippen LogP contribution in [0.25, 0.3) is 5.57 Å². The van der Waals surface area contributed by atoms with Crippen LogP contribution >= 0.6 is 11.8 Å². The molecule has 3 nitrogen and oxygen atoms in total. The second kappa shape index (κ2) is 7.77. The number of nitrogens with zero attached hydrogens (tertiary/aromatic N) is 1. The number of carbonyl (C=O) groups excluding carboxylic acids is 2. The van der Waals surface area contributed by atoms with Gasteiger partial charge >= 0.3 is 0 Å². The maximum atomic E-state index is 13.2. The number of thioether (sulfide) groups is 1. The van der Waals surface area contributed by atoms with Crippen molar-refractivity contribution in [2.24, 2.45) is 0 Å². The molecule has 1 saturated carbocycles. The van der Waals surface area contributed by atoms with E-state index in [1.807, 2.05) is 31.2 Å². The highest BCUT2D eigenvalue weighted by molar-refractivity contribution is 8.04. The fourth-order valence-electron chi connectivity index (χ4n) is 3.69. The molecule has 0 atom stereocenters. The Hall–Kier alpha value is -1.55. The molecular weight excluding hydrogens is 330 g/mol. The van der Waals surface area contributed by atoms with Gasteiger partial charge in [-0.05, 0) is 25.3 Å². The van der Waals surface area contributed by atoms with E-state index in [2.05, 4.69) is 13.8 Å². The van der Waals surface area contributed by atoms with Crippen molar-refractivity contribution in [3.05, 3.63) is 40.3 Å². The van der Waals surface area contributed by atoms with Crippen molar-refractivity contribution in [2.45, 2.75) is 70.6 Å². The Morgan fingerprint density at radius 2 is 1.56 bits per heavy atom. The highest BCUT2D eigenvalue weighted by Crippen LogP contribution is 2.40. The molecule has 25 heavy (non-hydrogen) atoms. The van der Waals surface area contributed by atoms with Crippen LogP contribution in [0.4, 0.5) is 0 Å². The van der Waals surface area contributed by atoms with Gasteiger partial charge in [0.1, 0.15) is 0 Å². The van der Waals surface area contributed by atoms with Gasteiger partial charge in [0.15, 0.2) is 0 Å². The van der Waals surface area contributed by atoms with Gasteiger partial charge in [-0.2, -0.15) is 0 Å². The Kier molecular flexibility index (Phi) is 5.67. The number of carbonyl (C=O) groups is 2. The Morgan fingerprint density at radius 3 is 2.12 bits per heavy atom. The van der Waals surface area contributed by atoms with E-state index in [9.17, 15) is 9.59 Å². The Morgan fingerprint density at radius 1 is 0.960 bits per heavy atom. The lowest BCUT2D eigenvalue weighted by atomic mass is 10.0. The third-order valence-corrected chi connectivity index (χ3v) is 6.04. The van der Waals surface area contributed by atoms with Gasteiger partial charge in [-0.15, -0.1) is 11.8 Å². The summed E-state index contributed by atoms with van der Waals surface area (Å²) in [6, 6.07) is 8.01. The SMILES string of the molecule is Cc1ccc(C2=C(SC(C)C)C(=O)N(C3CCCCCC3)C2=O)cc1. The van der Waals surface area contributed by atoms with E-state index in [0.29, 0.717) is 10.5 Å². The van der Waals surface area contributed by atoms with Gasteiger partial charge in [0.05, 0.1) is 10.5 Å². The molecule has 1 aromatic carbocycles. The molecule has 2 amide bonds. The molecule has 1 aliphatic heterocycles. The van der Waals surface area contributed by atoms with Crippen LogP contribution in [0.2, 0.25) is 0 Å². The summed E-state index contributed by atoms with van der Waals surface area (Å²) >= 11 is 1.52. The van der Waals surface area contributed by atoms with Crippen LogP contribution < -0.4 is 0 Å². The molecule has 0 N–H and O–H groups in total. The van der Waals surface area contributed by atoms with Crippen molar-refractivity contribution in [3.8, 4) is 0 Å². The molecule has 2 aliphatic rings. The first-order valence-electron chi connectivity index (χ1n) is 9.35. The second-order valence-corrected chi connectivity index (χ2v) is 8.95. The number of benzene rings is 1. The van der Waals surface area contributed by atoms with Gasteiger partial charge in [0.2, 0.25) is 0 Å². The largest absolute Gasteiger partial charge is 0.271 e. The summed E-state index contributed by atoms with van der Waals surface area (Å²) in [5, 5.41) is 0.265. The van der Waals surface area contributed by atoms with Crippen molar-refractivity contribution in [2.75, 3.05) is 0 Å². The molecular formula is C21H27NO2S. The topological polar surface area (TPSA) is 37.4 Å². The lowest BCUT2D eigenvalue weighted by molar-refractivity contribution is -0.139. The maximum absolute atomic E-state index is 13.2. The van der Waals surface area contributed by atoms with E-state index >= 15 is 0 Å². The van der Waals surface area contributed by atoms with Crippen molar-refractivity contribution < 1.29 is 9.59 Å². The monoisotopic (exact) mass is 357 g/mol. The van der Waals surface area contributed by atoms with E-state index in [1.54, 1.807) is 4.90 Å². The predicted octanol–water partition coefficient (Wildman–Crippen LogP) is 4.94. The average Bonchev–Trinajstić information content (AvgIpc) is 2.76. The highest BCUT2D eigenvalue weighted by Gasteiger charge is 2.42. The molecule has 1 aromatic rings. The molecule has 0 bridgehead atoms. The normalized spacial score (nSPS) is 19.9. The standard InChI is InChI=1S/C21H27NO2S/c1-14(2)25-19-18(16-12-10-15(3)11-13-16)20(23)22(21(19)24)17-8-6-4-5-7-9-17/h10-14,17H,4-9H2,1-3H3. The molecule has 0 spiro atoms. The molecule has 134 valence electrons. The summed E-state index contributed by atoms with van der Waals surface area (Å²) in [5.41, 5.74) is 2.62. The van der Waals surface area contributed by atoms with Crippen LogP contribution in [-0.2, 0) is 9.59 Å². The lowest BCUT2D eigenvalue weighted by Crippen LogP contribution is -2.40. The molecule has 0 saturated heterocycles. The van der Waals surface area contributed by atoms with Crippen LogP contribution in [0, 0.1) is 6.92 Å².